The van der Waals surface area contributed by atoms with Gasteiger partial charge in [-0.05, 0) is 48.0 Å². The molecule has 1 heterocycles. The van der Waals surface area contributed by atoms with E-state index in [2.05, 4.69) is 5.32 Å². The Morgan fingerprint density at radius 1 is 1.06 bits per heavy atom. The number of rotatable bonds is 7. The number of halogens is 2. The Morgan fingerprint density at radius 2 is 1.78 bits per heavy atom. The summed E-state index contributed by atoms with van der Waals surface area (Å²) in [6.45, 7) is -0.286. The number of fused-ring (bicyclic) bond motifs is 1. The molecule has 1 aliphatic rings. The summed E-state index contributed by atoms with van der Waals surface area (Å²) in [7, 11) is -0.804. The molecule has 188 valence electrons. The van der Waals surface area contributed by atoms with Gasteiger partial charge in [0.2, 0.25) is 0 Å². The van der Waals surface area contributed by atoms with Crippen LogP contribution in [0.5, 0.6) is 11.5 Å². The van der Waals surface area contributed by atoms with E-state index in [9.17, 15) is 18.3 Å². The van der Waals surface area contributed by atoms with Gasteiger partial charge in [0.15, 0.2) is 9.84 Å². The van der Waals surface area contributed by atoms with Gasteiger partial charge in [0.25, 0.3) is 5.91 Å². The highest BCUT2D eigenvalue weighted by atomic mass is 35.5. The van der Waals surface area contributed by atoms with Gasteiger partial charge in [-0.2, -0.15) is 0 Å². The number of thioether (sulfide) groups is 1. The van der Waals surface area contributed by atoms with Crippen LogP contribution < -0.4 is 14.8 Å². The van der Waals surface area contributed by atoms with Crippen molar-refractivity contribution in [2.45, 2.75) is 22.2 Å². The molecule has 11 heteroatoms. The van der Waals surface area contributed by atoms with Crippen molar-refractivity contribution in [3.8, 4) is 11.5 Å². The molecule has 3 aromatic rings. The highest BCUT2D eigenvalue weighted by molar-refractivity contribution is 8.04. The van der Waals surface area contributed by atoms with Crippen molar-refractivity contribution < 1.29 is 27.8 Å². The van der Waals surface area contributed by atoms with Crippen LogP contribution in [0.15, 0.2) is 63.2 Å². The summed E-state index contributed by atoms with van der Waals surface area (Å²) in [5.41, 5.74) is 1.75. The molecule has 0 spiro atoms. The van der Waals surface area contributed by atoms with E-state index in [0.29, 0.717) is 43.7 Å². The van der Waals surface area contributed by atoms with E-state index in [-0.39, 0.29) is 27.3 Å². The summed E-state index contributed by atoms with van der Waals surface area (Å²) in [5, 5.41) is 13.1. The third kappa shape index (κ3) is 5.35. The smallest absolute Gasteiger partial charge is 0.262 e. The first-order valence-electron chi connectivity index (χ1n) is 10.5. The van der Waals surface area contributed by atoms with Crippen LogP contribution in [0.2, 0.25) is 10.0 Å². The zero-order valence-electron chi connectivity index (χ0n) is 19.2. The number of amides is 1. The van der Waals surface area contributed by atoms with Gasteiger partial charge in [-0.15, -0.1) is 0 Å². The van der Waals surface area contributed by atoms with Crippen molar-refractivity contribution in [1.82, 2.24) is 0 Å². The Hall–Kier alpha value is -2.69. The normalized spacial score (nSPS) is 14.4. The monoisotopic (exact) mass is 565 g/mol. The average molecular weight is 566 g/mol. The Bertz CT molecular complexity index is 1440. The first-order valence-corrected chi connectivity index (χ1v) is 13.8. The standard InChI is InChI=1S/C25H21Cl2NO6S2/c1-33-15-8-14(12-29)17(22(9-15)34-2)11-24-25(30)28-21-10-16(6-7-23(21)35-24)36(31,32)13-18-19(26)4-3-5-20(18)27/h3-11,29H,12-13H2,1-2H3,(H,28,30). The second kappa shape index (κ2) is 10.7. The summed E-state index contributed by atoms with van der Waals surface area (Å²) in [4.78, 5) is 14.0. The average Bonchev–Trinajstić information content (AvgIpc) is 2.86. The molecule has 0 fully saturated rings. The minimum Gasteiger partial charge on any atom is -0.497 e. The molecule has 0 unspecified atom stereocenters. The zero-order chi connectivity index (χ0) is 26.0. The van der Waals surface area contributed by atoms with E-state index in [1.165, 1.54) is 38.1 Å². The summed E-state index contributed by atoms with van der Waals surface area (Å²) in [5.74, 6) is 0.149. The Balaban J connectivity index is 1.66. The molecule has 36 heavy (non-hydrogen) atoms. The fraction of sp³-hybridized carbons (Fsp3) is 0.160. The van der Waals surface area contributed by atoms with Gasteiger partial charge in [0.1, 0.15) is 11.5 Å². The van der Waals surface area contributed by atoms with Crippen LogP contribution in [0, 0.1) is 0 Å². The molecule has 0 aliphatic carbocycles. The molecule has 0 saturated heterocycles. The number of carbonyl (C=O) groups excluding carboxylic acids is 1. The van der Waals surface area contributed by atoms with Crippen LogP contribution in [0.4, 0.5) is 5.69 Å². The molecule has 0 saturated carbocycles. The van der Waals surface area contributed by atoms with Gasteiger partial charge < -0.3 is 19.9 Å². The predicted molar refractivity (Wildman–Crippen MR) is 142 cm³/mol. The van der Waals surface area contributed by atoms with Crippen LogP contribution in [0.3, 0.4) is 0 Å². The number of aliphatic hydroxyl groups is 1. The van der Waals surface area contributed by atoms with E-state index in [4.69, 9.17) is 32.7 Å². The van der Waals surface area contributed by atoms with Crippen LogP contribution in [0.1, 0.15) is 16.7 Å². The van der Waals surface area contributed by atoms with Gasteiger partial charge in [0.05, 0.1) is 42.1 Å². The van der Waals surface area contributed by atoms with Crippen molar-refractivity contribution in [1.29, 1.82) is 0 Å². The molecular formula is C25H21Cl2NO6S2. The molecule has 4 rings (SSSR count). The Morgan fingerprint density at radius 3 is 2.42 bits per heavy atom. The van der Waals surface area contributed by atoms with E-state index in [0.717, 1.165) is 0 Å². The number of anilines is 1. The number of hydrogen-bond acceptors (Lipinski definition) is 7. The van der Waals surface area contributed by atoms with Crippen molar-refractivity contribution in [3.63, 3.8) is 0 Å². The third-order valence-electron chi connectivity index (χ3n) is 5.50. The summed E-state index contributed by atoms with van der Waals surface area (Å²) in [6, 6.07) is 12.7. The fourth-order valence-corrected chi connectivity index (χ4v) is 6.68. The van der Waals surface area contributed by atoms with Gasteiger partial charge in [0, 0.05) is 32.1 Å². The van der Waals surface area contributed by atoms with Crippen LogP contribution >= 0.6 is 35.0 Å². The Labute approximate surface area is 222 Å². The molecule has 0 atom stereocenters. The van der Waals surface area contributed by atoms with Crippen molar-refractivity contribution in [3.05, 3.63) is 80.2 Å². The SMILES string of the molecule is COc1cc(CO)c(C=C2Sc3ccc(S(=O)(=O)Cc4c(Cl)cccc4Cl)cc3NC2=O)c(OC)c1. The van der Waals surface area contributed by atoms with Gasteiger partial charge >= 0.3 is 0 Å². The molecule has 1 amide bonds. The van der Waals surface area contributed by atoms with Crippen molar-refractivity contribution >= 4 is 62.5 Å². The largest absolute Gasteiger partial charge is 0.497 e. The van der Waals surface area contributed by atoms with Crippen LogP contribution in [-0.2, 0) is 27.0 Å². The first-order chi connectivity index (χ1) is 17.2. The second-order valence-corrected chi connectivity index (χ2v) is 11.6. The lowest BCUT2D eigenvalue weighted by atomic mass is 10.1. The number of ether oxygens (including phenoxy) is 2. The molecule has 0 bridgehead atoms. The molecule has 3 aromatic carbocycles. The van der Waals surface area contributed by atoms with Crippen LogP contribution in [0.25, 0.3) is 6.08 Å². The van der Waals surface area contributed by atoms with E-state index >= 15 is 0 Å². The quantitative estimate of drug-likeness (QED) is 0.361. The lowest BCUT2D eigenvalue weighted by Crippen LogP contribution is -2.18. The van der Waals surface area contributed by atoms with Crippen molar-refractivity contribution in [2.24, 2.45) is 0 Å². The number of hydrogen-bond donors (Lipinski definition) is 2. The number of benzene rings is 3. The highest BCUT2D eigenvalue weighted by Crippen LogP contribution is 2.42. The summed E-state index contributed by atoms with van der Waals surface area (Å²) >= 11 is 13.5. The zero-order valence-corrected chi connectivity index (χ0v) is 22.3. The number of aliphatic hydroxyl groups excluding tert-OH is 1. The van der Waals surface area contributed by atoms with Crippen molar-refractivity contribution in [2.75, 3.05) is 19.5 Å². The maximum Gasteiger partial charge on any atom is 0.262 e. The lowest BCUT2D eigenvalue weighted by molar-refractivity contribution is -0.112. The number of sulfone groups is 1. The molecule has 0 aromatic heterocycles. The second-order valence-electron chi connectivity index (χ2n) is 7.74. The molecule has 1 aliphatic heterocycles. The van der Waals surface area contributed by atoms with Gasteiger partial charge in [-0.1, -0.05) is 41.0 Å². The minimum atomic E-state index is -3.80. The summed E-state index contributed by atoms with van der Waals surface area (Å²) in [6.07, 6.45) is 1.62. The molecule has 7 nitrogen and oxygen atoms in total. The third-order valence-corrected chi connectivity index (χ3v) is 8.95. The number of nitrogens with one attached hydrogen (secondary N) is 1. The maximum atomic E-state index is 13.1. The van der Waals surface area contributed by atoms with E-state index < -0.39 is 15.7 Å². The van der Waals surface area contributed by atoms with E-state index in [1.807, 2.05) is 0 Å². The van der Waals surface area contributed by atoms with Crippen LogP contribution in [-0.4, -0.2) is 33.7 Å². The van der Waals surface area contributed by atoms with Gasteiger partial charge in [-0.25, -0.2) is 8.42 Å². The van der Waals surface area contributed by atoms with Gasteiger partial charge in [-0.3, -0.25) is 4.79 Å². The minimum absolute atomic E-state index is 0.0324. The predicted octanol–water partition coefficient (Wildman–Crippen LogP) is 5.56. The molecule has 0 radical (unpaired) electrons. The van der Waals surface area contributed by atoms with E-state index in [1.54, 1.807) is 42.5 Å². The number of methoxy groups -OCH3 is 2. The molecular weight excluding hydrogens is 545 g/mol. The topological polar surface area (TPSA) is 102 Å². The Kier molecular flexibility index (Phi) is 7.87. The molecule has 2 N–H and O–H groups in total. The maximum absolute atomic E-state index is 13.1. The highest BCUT2D eigenvalue weighted by Gasteiger charge is 2.26. The lowest BCUT2D eigenvalue weighted by Gasteiger charge is -2.20. The summed E-state index contributed by atoms with van der Waals surface area (Å²) < 4.78 is 36.8. The first kappa shape index (κ1) is 26.4. The fourth-order valence-electron chi connectivity index (χ4n) is 3.65. The number of carbonyl (C=O) groups is 1.